The fourth-order valence-corrected chi connectivity index (χ4v) is 9.77. The number of furan rings is 1. The third-order valence-electron chi connectivity index (χ3n) is 11.9. The third kappa shape index (κ3) is 5.25. The fraction of sp³-hybridized carbons (Fsp3) is 0.639. The average molecular weight is 655 g/mol. The number of allylic oxidation sites excluding steroid dienone is 2. The van der Waals surface area contributed by atoms with E-state index >= 15 is 0 Å². The van der Waals surface area contributed by atoms with Gasteiger partial charge in [0.1, 0.15) is 30.7 Å². The fourth-order valence-electron chi connectivity index (χ4n) is 9.77. The van der Waals surface area contributed by atoms with E-state index in [0.717, 1.165) is 23.0 Å². The molecule has 0 unspecified atom stereocenters. The summed E-state index contributed by atoms with van der Waals surface area (Å²) in [6.45, 7) is 13.5. The predicted molar refractivity (Wildman–Crippen MR) is 166 cm³/mol. The molecular formula is C36H46O11. The first-order valence-corrected chi connectivity index (χ1v) is 16.2. The van der Waals surface area contributed by atoms with Gasteiger partial charge in [-0.2, -0.15) is 0 Å². The van der Waals surface area contributed by atoms with E-state index in [2.05, 4.69) is 6.92 Å². The van der Waals surface area contributed by atoms with Crippen molar-refractivity contribution >= 4 is 30.2 Å². The number of rotatable bonds is 8. The van der Waals surface area contributed by atoms with Crippen LogP contribution < -0.4 is 0 Å². The SMILES string of the molecule is C/C=C(\C)C(=O)O[C@H]1C[C@@H](OC(C)=O)[C@@](C)(C=O)[C@@H]2[C@@H](OC(C)=O)[C@H]3O[C@@H]4C[C@@H](c5ccoc5)C(C)=C4[C@@]3(C)[C@@H](CC(=O)OC)[C@@]12C. The van der Waals surface area contributed by atoms with Crippen LogP contribution in [0.2, 0.25) is 0 Å². The second kappa shape index (κ2) is 12.4. The minimum absolute atomic E-state index is 0.00563. The first kappa shape index (κ1) is 34.6. The van der Waals surface area contributed by atoms with Crippen LogP contribution in [-0.2, 0) is 47.7 Å². The molecule has 11 heteroatoms. The molecule has 1 aliphatic heterocycles. The average Bonchev–Trinajstić information content (AvgIpc) is 3.73. The summed E-state index contributed by atoms with van der Waals surface area (Å²) >= 11 is 0. The van der Waals surface area contributed by atoms with Crippen LogP contribution in [0.3, 0.4) is 0 Å². The van der Waals surface area contributed by atoms with Gasteiger partial charge in [-0.15, -0.1) is 0 Å². The first-order chi connectivity index (χ1) is 22.1. The number of hydrogen-bond acceptors (Lipinski definition) is 11. The van der Waals surface area contributed by atoms with Crippen molar-refractivity contribution in [3.8, 4) is 0 Å². The molecule has 0 spiro atoms. The molecule has 1 aromatic heterocycles. The Labute approximate surface area is 275 Å². The lowest BCUT2D eigenvalue weighted by molar-refractivity contribution is -0.281. The zero-order valence-corrected chi connectivity index (χ0v) is 28.6. The van der Waals surface area contributed by atoms with E-state index in [9.17, 15) is 24.0 Å². The van der Waals surface area contributed by atoms with E-state index in [4.69, 9.17) is 28.1 Å². The number of ether oxygens (including phenoxy) is 5. The Morgan fingerprint density at radius 3 is 2.23 bits per heavy atom. The lowest BCUT2D eigenvalue weighted by Gasteiger charge is -2.67. The monoisotopic (exact) mass is 654 g/mol. The Balaban J connectivity index is 1.81. The van der Waals surface area contributed by atoms with Gasteiger partial charge in [-0.05, 0) is 57.2 Å². The molecule has 0 aromatic carbocycles. The summed E-state index contributed by atoms with van der Waals surface area (Å²) in [6, 6.07) is 1.92. The minimum atomic E-state index is -1.43. The summed E-state index contributed by atoms with van der Waals surface area (Å²) in [4.78, 5) is 65.6. The Kier molecular flexibility index (Phi) is 9.11. The Hall–Kier alpha value is -3.73. The number of esters is 4. The van der Waals surface area contributed by atoms with Gasteiger partial charge in [-0.1, -0.05) is 25.5 Å². The number of hydrogen-bond donors (Lipinski definition) is 0. The number of aldehydes is 1. The molecule has 0 radical (unpaired) electrons. The van der Waals surface area contributed by atoms with Crippen molar-refractivity contribution in [2.75, 3.05) is 7.11 Å². The minimum Gasteiger partial charge on any atom is -0.472 e. The van der Waals surface area contributed by atoms with E-state index in [1.165, 1.54) is 21.0 Å². The Morgan fingerprint density at radius 2 is 1.68 bits per heavy atom. The van der Waals surface area contributed by atoms with E-state index in [1.807, 2.05) is 19.9 Å². The first-order valence-electron chi connectivity index (χ1n) is 16.2. The van der Waals surface area contributed by atoms with Crippen molar-refractivity contribution in [3.63, 3.8) is 0 Å². The highest BCUT2D eigenvalue weighted by atomic mass is 16.6. The van der Waals surface area contributed by atoms with Gasteiger partial charge in [0.05, 0.1) is 31.2 Å². The van der Waals surface area contributed by atoms with Gasteiger partial charge in [0.2, 0.25) is 0 Å². The molecule has 0 amide bonds. The van der Waals surface area contributed by atoms with Crippen LogP contribution in [-0.4, -0.2) is 67.8 Å². The topological polar surface area (TPSA) is 145 Å². The van der Waals surface area contributed by atoms with Crippen LogP contribution in [0.5, 0.6) is 0 Å². The van der Waals surface area contributed by atoms with Crippen molar-refractivity contribution in [2.45, 2.75) is 111 Å². The van der Waals surface area contributed by atoms with E-state index in [0.29, 0.717) is 12.0 Å². The van der Waals surface area contributed by atoms with Gasteiger partial charge in [0.15, 0.2) is 0 Å². The van der Waals surface area contributed by atoms with E-state index in [-0.39, 0.29) is 24.9 Å². The zero-order chi connectivity index (χ0) is 34.6. The lowest BCUT2D eigenvalue weighted by Crippen LogP contribution is -2.74. The second-order valence-electron chi connectivity index (χ2n) is 14.2. The van der Waals surface area contributed by atoms with Crippen LogP contribution in [0.15, 0.2) is 45.8 Å². The van der Waals surface area contributed by atoms with E-state index < -0.39 is 76.4 Å². The summed E-state index contributed by atoms with van der Waals surface area (Å²) < 4.78 is 35.9. The maximum Gasteiger partial charge on any atom is 0.333 e. The van der Waals surface area contributed by atoms with Crippen molar-refractivity contribution in [2.24, 2.45) is 28.1 Å². The third-order valence-corrected chi connectivity index (χ3v) is 11.9. The molecule has 2 heterocycles. The van der Waals surface area contributed by atoms with Crippen LogP contribution in [0.4, 0.5) is 0 Å². The van der Waals surface area contributed by atoms with E-state index in [1.54, 1.807) is 39.4 Å². The molecule has 1 aromatic rings. The van der Waals surface area contributed by atoms with Crippen LogP contribution in [0.25, 0.3) is 0 Å². The van der Waals surface area contributed by atoms with Crippen molar-refractivity contribution in [1.29, 1.82) is 0 Å². The number of fused-ring (bicyclic) bond motifs is 4. The smallest absolute Gasteiger partial charge is 0.333 e. The van der Waals surface area contributed by atoms with Crippen molar-refractivity contribution in [1.82, 2.24) is 0 Å². The maximum atomic E-state index is 13.5. The second-order valence-corrected chi connectivity index (χ2v) is 14.2. The molecular weight excluding hydrogens is 608 g/mol. The number of carbonyl (C=O) groups is 5. The van der Waals surface area contributed by atoms with Crippen molar-refractivity contribution in [3.05, 3.63) is 47.0 Å². The van der Waals surface area contributed by atoms with Gasteiger partial charge in [0.25, 0.3) is 0 Å². The van der Waals surface area contributed by atoms with Crippen LogP contribution >= 0.6 is 0 Å². The summed E-state index contributed by atoms with van der Waals surface area (Å²) in [7, 11) is 1.31. The number of methoxy groups -OCH3 is 1. The van der Waals surface area contributed by atoms with Gasteiger partial charge in [-0.25, -0.2) is 4.79 Å². The molecule has 256 valence electrons. The highest BCUT2D eigenvalue weighted by Gasteiger charge is 2.77. The standard InChI is InChI=1S/C36H46O11/c1-10-18(2)33(41)47-27-15-26(44-20(4)38)34(6,17-37)31-30(45-21(5)39)32-36(8,25(35(27,31)7)14-28(40)42-9)29-19(3)23(13-24(29)46-32)22-11-12-43-16-22/h10-12,16-17,23-27,30-32H,13-15H2,1-9H3/b18-10+/t23-,24-,25+,26-,27+,30-,31+,32-,34-,35+,36-/m1/s1. The maximum absolute atomic E-state index is 13.5. The zero-order valence-electron chi connectivity index (χ0n) is 28.6. The van der Waals surface area contributed by atoms with Crippen LogP contribution in [0.1, 0.15) is 86.1 Å². The Morgan fingerprint density at radius 1 is 1.00 bits per heavy atom. The summed E-state index contributed by atoms with van der Waals surface area (Å²) in [5.41, 5.74) is -0.161. The molecule has 11 atom stereocenters. The molecule has 1 saturated heterocycles. The molecule has 3 aliphatic carbocycles. The molecule has 0 bridgehead atoms. The highest BCUT2D eigenvalue weighted by Crippen LogP contribution is 2.72. The molecule has 0 N–H and O–H groups in total. The van der Waals surface area contributed by atoms with Gasteiger partial charge in [0, 0.05) is 54.9 Å². The summed E-state index contributed by atoms with van der Waals surface area (Å²) in [5, 5.41) is 0. The molecule has 4 aliphatic rings. The Bertz CT molecular complexity index is 1510. The predicted octanol–water partition coefficient (Wildman–Crippen LogP) is 5.02. The van der Waals surface area contributed by atoms with Crippen molar-refractivity contribution < 1.29 is 52.1 Å². The highest BCUT2D eigenvalue weighted by molar-refractivity contribution is 5.87. The normalized spacial score (nSPS) is 39.3. The molecule has 5 rings (SSSR count). The summed E-state index contributed by atoms with van der Waals surface area (Å²) in [6.07, 6.45) is 1.99. The summed E-state index contributed by atoms with van der Waals surface area (Å²) in [5.74, 6) is -3.83. The quantitative estimate of drug-likeness (QED) is 0.122. The van der Waals surface area contributed by atoms with Gasteiger partial charge >= 0.3 is 23.9 Å². The molecule has 2 saturated carbocycles. The number of carbonyl (C=O) groups excluding carboxylic acids is 5. The van der Waals surface area contributed by atoms with Gasteiger partial charge in [-0.3, -0.25) is 14.4 Å². The van der Waals surface area contributed by atoms with Crippen LogP contribution in [0, 0.1) is 28.1 Å². The molecule has 3 fully saturated rings. The largest absolute Gasteiger partial charge is 0.472 e. The van der Waals surface area contributed by atoms with Gasteiger partial charge < -0.3 is 32.9 Å². The molecule has 11 nitrogen and oxygen atoms in total. The lowest BCUT2D eigenvalue weighted by atomic mass is 9.39. The molecule has 47 heavy (non-hydrogen) atoms.